The van der Waals surface area contributed by atoms with Gasteiger partial charge in [0.2, 0.25) is 5.91 Å². The van der Waals surface area contributed by atoms with E-state index in [1.54, 1.807) is 0 Å². The zero-order chi connectivity index (χ0) is 22.2. The SMILES string of the molecule is CC1=C(c2ccc(C)c(C)c2)S(=O)(=O)N=C1N1CCC(C(=O)N2CCCCCC2)CC1. The third-order valence-corrected chi connectivity index (χ3v) is 8.44. The molecular weight excluding hydrogens is 410 g/mol. The molecule has 1 aromatic carbocycles. The lowest BCUT2D eigenvalue weighted by Crippen LogP contribution is -2.44. The van der Waals surface area contributed by atoms with Gasteiger partial charge in [0.05, 0.1) is 0 Å². The molecule has 31 heavy (non-hydrogen) atoms. The molecule has 3 heterocycles. The van der Waals surface area contributed by atoms with Crippen molar-refractivity contribution in [2.24, 2.45) is 10.3 Å². The van der Waals surface area contributed by atoms with Crippen LogP contribution in [0, 0.1) is 19.8 Å². The van der Waals surface area contributed by atoms with Crippen molar-refractivity contribution in [2.75, 3.05) is 26.2 Å². The zero-order valence-electron chi connectivity index (χ0n) is 18.9. The summed E-state index contributed by atoms with van der Waals surface area (Å²) in [5.41, 5.74) is 3.61. The van der Waals surface area contributed by atoms with Crippen LogP contribution in [0.2, 0.25) is 0 Å². The minimum Gasteiger partial charge on any atom is -0.356 e. The summed E-state index contributed by atoms with van der Waals surface area (Å²) >= 11 is 0. The Hall–Kier alpha value is -2.15. The molecule has 0 radical (unpaired) electrons. The first kappa shape index (κ1) is 22.1. The van der Waals surface area contributed by atoms with E-state index in [1.165, 1.54) is 12.8 Å². The molecule has 0 atom stereocenters. The maximum absolute atomic E-state index is 13.0. The Morgan fingerprint density at radius 1 is 0.935 bits per heavy atom. The molecule has 1 amide bonds. The number of hydrogen-bond acceptors (Lipinski definition) is 4. The average Bonchev–Trinajstić information content (AvgIpc) is 2.92. The van der Waals surface area contributed by atoms with Crippen LogP contribution in [0.15, 0.2) is 28.2 Å². The van der Waals surface area contributed by atoms with Crippen molar-refractivity contribution in [3.05, 3.63) is 40.5 Å². The lowest BCUT2D eigenvalue weighted by atomic mass is 9.94. The Kier molecular flexibility index (Phi) is 6.24. The van der Waals surface area contributed by atoms with Crippen LogP contribution in [0.25, 0.3) is 4.91 Å². The number of likely N-dealkylation sites (tertiary alicyclic amines) is 2. The van der Waals surface area contributed by atoms with Crippen LogP contribution in [0.3, 0.4) is 0 Å². The molecular formula is C24H33N3O3S. The van der Waals surface area contributed by atoms with Gasteiger partial charge in [-0.2, -0.15) is 8.42 Å². The minimum atomic E-state index is -3.72. The summed E-state index contributed by atoms with van der Waals surface area (Å²) < 4.78 is 30.0. The molecule has 2 saturated heterocycles. The van der Waals surface area contributed by atoms with Crippen LogP contribution < -0.4 is 0 Å². The van der Waals surface area contributed by atoms with Crippen molar-refractivity contribution in [1.82, 2.24) is 9.80 Å². The first-order chi connectivity index (χ1) is 14.8. The van der Waals surface area contributed by atoms with E-state index in [2.05, 4.69) is 4.40 Å². The monoisotopic (exact) mass is 443 g/mol. The lowest BCUT2D eigenvalue weighted by molar-refractivity contribution is -0.136. The molecule has 168 valence electrons. The highest BCUT2D eigenvalue weighted by Crippen LogP contribution is 2.35. The van der Waals surface area contributed by atoms with Gasteiger partial charge in [0.15, 0.2) is 0 Å². The number of piperidine rings is 1. The Labute approximate surface area is 186 Å². The normalized spacial score (nSPS) is 22.5. The highest BCUT2D eigenvalue weighted by Gasteiger charge is 2.36. The van der Waals surface area contributed by atoms with E-state index in [-0.39, 0.29) is 11.8 Å². The second-order valence-electron chi connectivity index (χ2n) is 9.14. The fourth-order valence-electron chi connectivity index (χ4n) is 4.95. The predicted octanol–water partition coefficient (Wildman–Crippen LogP) is 3.89. The zero-order valence-corrected chi connectivity index (χ0v) is 19.7. The van der Waals surface area contributed by atoms with Crippen LogP contribution in [-0.2, 0) is 14.8 Å². The van der Waals surface area contributed by atoms with Gasteiger partial charge in [-0.1, -0.05) is 31.0 Å². The number of carbonyl (C=O) groups excluding carboxylic acids is 1. The summed E-state index contributed by atoms with van der Waals surface area (Å²) in [4.78, 5) is 17.4. The quantitative estimate of drug-likeness (QED) is 0.695. The van der Waals surface area contributed by atoms with Gasteiger partial charge in [0.25, 0.3) is 10.0 Å². The van der Waals surface area contributed by atoms with Crippen LogP contribution in [0.5, 0.6) is 0 Å². The fraction of sp³-hybridized carbons (Fsp3) is 0.583. The molecule has 0 spiro atoms. The van der Waals surface area contributed by atoms with Crippen molar-refractivity contribution >= 4 is 26.7 Å². The highest BCUT2D eigenvalue weighted by molar-refractivity contribution is 8.00. The van der Waals surface area contributed by atoms with Crippen molar-refractivity contribution in [1.29, 1.82) is 0 Å². The van der Waals surface area contributed by atoms with E-state index in [0.29, 0.717) is 35.0 Å². The number of benzene rings is 1. The maximum Gasteiger partial charge on any atom is 0.285 e. The van der Waals surface area contributed by atoms with Crippen molar-refractivity contribution in [3.8, 4) is 0 Å². The predicted molar refractivity (Wildman–Crippen MR) is 124 cm³/mol. The molecule has 3 aliphatic rings. The summed E-state index contributed by atoms with van der Waals surface area (Å²) in [6.45, 7) is 8.94. The van der Waals surface area contributed by atoms with E-state index >= 15 is 0 Å². The second kappa shape index (κ2) is 8.77. The van der Waals surface area contributed by atoms with Crippen molar-refractivity contribution < 1.29 is 13.2 Å². The Bertz CT molecular complexity index is 1030. The smallest absolute Gasteiger partial charge is 0.285 e. The van der Waals surface area contributed by atoms with Crippen LogP contribution in [0.1, 0.15) is 62.1 Å². The molecule has 1 aromatic rings. The topological polar surface area (TPSA) is 70.0 Å². The summed E-state index contributed by atoms with van der Waals surface area (Å²) in [6, 6.07) is 5.75. The number of rotatable bonds is 2. The Balaban J connectivity index is 1.48. The number of aryl methyl sites for hydroxylation is 2. The number of hydrogen-bond donors (Lipinski definition) is 0. The molecule has 4 rings (SSSR count). The van der Waals surface area contributed by atoms with Crippen molar-refractivity contribution in [3.63, 3.8) is 0 Å². The fourth-order valence-corrected chi connectivity index (χ4v) is 6.43. The van der Waals surface area contributed by atoms with Gasteiger partial charge < -0.3 is 9.80 Å². The number of carbonyl (C=O) groups is 1. The first-order valence-electron chi connectivity index (χ1n) is 11.5. The lowest BCUT2D eigenvalue weighted by Gasteiger charge is -2.35. The summed E-state index contributed by atoms with van der Waals surface area (Å²) in [5, 5.41) is 0. The second-order valence-corrected chi connectivity index (χ2v) is 10.7. The van der Waals surface area contributed by atoms with Crippen LogP contribution >= 0.6 is 0 Å². The van der Waals surface area contributed by atoms with Gasteiger partial charge in [-0.25, -0.2) is 0 Å². The van der Waals surface area contributed by atoms with E-state index in [1.807, 2.05) is 48.8 Å². The van der Waals surface area contributed by atoms with E-state index in [4.69, 9.17) is 0 Å². The molecule has 0 saturated carbocycles. The molecule has 7 heteroatoms. The Morgan fingerprint density at radius 3 is 2.19 bits per heavy atom. The number of nitrogens with zero attached hydrogens (tertiary/aromatic N) is 3. The summed E-state index contributed by atoms with van der Waals surface area (Å²) in [7, 11) is -3.72. The van der Waals surface area contributed by atoms with E-state index in [9.17, 15) is 13.2 Å². The van der Waals surface area contributed by atoms with E-state index in [0.717, 1.165) is 49.9 Å². The molecule has 0 N–H and O–H groups in total. The highest BCUT2D eigenvalue weighted by atomic mass is 32.2. The molecule has 0 aromatic heterocycles. The number of sulfonamides is 1. The van der Waals surface area contributed by atoms with E-state index < -0.39 is 10.0 Å². The van der Waals surface area contributed by atoms with Crippen molar-refractivity contribution in [2.45, 2.75) is 59.3 Å². The molecule has 6 nitrogen and oxygen atoms in total. The third-order valence-electron chi connectivity index (χ3n) is 6.97. The number of amidine groups is 1. The summed E-state index contributed by atoms with van der Waals surface area (Å²) in [5.74, 6) is 0.871. The van der Waals surface area contributed by atoms with Gasteiger partial charge in [-0.15, -0.1) is 4.40 Å². The maximum atomic E-state index is 13.0. The summed E-state index contributed by atoms with van der Waals surface area (Å²) in [6.07, 6.45) is 6.13. The minimum absolute atomic E-state index is 0.0384. The first-order valence-corrected chi connectivity index (χ1v) is 12.9. The van der Waals surface area contributed by atoms with Gasteiger partial charge in [-0.05, 0) is 63.1 Å². The molecule has 0 aliphatic carbocycles. The van der Waals surface area contributed by atoms with Gasteiger partial charge in [0, 0.05) is 37.7 Å². The molecule has 0 unspecified atom stereocenters. The number of amides is 1. The van der Waals surface area contributed by atoms with Gasteiger partial charge in [-0.3, -0.25) is 4.79 Å². The van der Waals surface area contributed by atoms with Gasteiger partial charge >= 0.3 is 0 Å². The average molecular weight is 444 g/mol. The van der Waals surface area contributed by atoms with Gasteiger partial charge in [0.1, 0.15) is 10.7 Å². The van der Waals surface area contributed by atoms with Crippen LogP contribution in [0.4, 0.5) is 0 Å². The standard InChI is InChI=1S/C24H33N3O3S/c1-17-8-9-21(16-18(17)2)22-19(3)23(25-31(22,29)30)26-14-10-20(11-15-26)24(28)27-12-6-4-5-7-13-27/h8-9,16,20H,4-7,10-15H2,1-3H3. The molecule has 2 fully saturated rings. The molecule has 0 bridgehead atoms. The third kappa shape index (κ3) is 4.43. The molecule has 3 aliphatic heterocycles. The Morgan fingerprint density at radius 2 is 1.58 bits per heavy atom. The largest absolute Gasteiger partial charge is 0.356 e. The van der Waals surface area contributed by atoms with Crippen LogP contribution in [-0.4, -0.2) is 56.1 Å².